The van der Waals surface area contributed by atoms with Crippen LogP contribution in [0.15, 0.2) is 42.5 Å². The highest BCUT2D eigenvalue weighted by atomic mass is 19.4. The second-order valence-electron chi connectivity index (χ2n) is 8.50. The van der Waals surface area contributed by atoms with Gasteiger partial charge in [-0.3, -0.25) is 4.79 Å². The fourth-order valence-electron chi connectivity index (χ4n) is 4.78. The molecule has 3 rings (SSSR count). The van der Waals surface area contributed by atoms with Gasteiger partial charge in [0.2, 0.25) is 0 Å². The number of hydrogen-bond donors (Lipinski definition) is 1. The summed E-state index contributed by atoms with van der Waals surface area (Å²) in [6, 6.07) is 10.5. The Kier molecular flexibility index (Phi) is 6.27. The summed E-state index contributed by atoms with van der Waals surface area (Å²) in [5.74, 6) is -0.249. The maximum absolute atomic E-state index is 13.4. The van der Waals surface area contributed by atoms with Crippen LogP contribution in [0.4, 0.5) is 13.2 Å². The SMILES string of the molecule is Cc1cccc(C)c1C(=O)NC(c1cccc(C(F)(F)F)c1)C1(N(C)C)CCCC1. The van der Waals surface area contributed by atoms with Crippen molar-refractivity contribution >= 4 is 5.91 Å². The van der Waals surface area contributed by atoms with Gasteiger partial charge in [-0.2, -0.15) is 13.2 Å². The van der Waals surface area contributed by atoms with Crippen LogP contribution in [0.3, 0.4) is 0 Å². The van der Waals surface area contributed by atoms with Crippen LogP contribution in [-0.4, -0.2) is 30.4 Å². The summed E-state index contributed by atoms with van der Waals surface area (Å²) in [6.45, 7) is 3.75. The maximum atomic E-state index is 13.4. The molecule has 1 atom stereocenters. The number of benzene rings is 2. The number of nitrogens with one attached hydrogen (secondary N) is 1. The molecule has 1 saturated carbocycles. The second kappa shape index (κ2) is 8.42. The highest BCUT2D eigenvalue weighted by Gasteiger charge is 2.45. The molecule has 0 aliphatic heterocycles. The number of carbonyl (C=O) groups excluding carboxylic acids is 1. The lowest BCUT2D eigenvalue weighted by Crippen LogP contribution is -2.53. The molecule has 0 aromatic heterocycles. The van der Waals surface area contributed by atoms with Crippen LogP contribution in [-0.2, 0) is 6.18 Å². The van der Waals surface area contributed by atoms with Gasteiger partial charge >= 0.3 is 6.18 Å². The molecule has 0 heterocycles. The van der Waals surface area contributed by atoms with Crippen molar-refractivity contribution in [3.8, 4) is 0 Å². The molecule has 0 spiro atoms. The summed E-state index contributed by atoms with van der Waals surface area (Å²) in [6.07, 6.45) is -0.847. The van der Waals surface area contributed by atoms with Crippen LogP contribution in [0.25, 0.3) is 0 Å². The van der Waals surface area contributed by atoms with E-state index >= 15 is 0 Å². The molecule has 1 fully saturated rings. The molecule has 1 aliphatic rings. The molecule has 30 heavy (non-hydrogen) atoms. The zero-order valence-corrected chi connectivity index (χ0v) is 17.9. The third kappa shape index (κ3) is 4.24. The highest BCUT2D eigenvalue weighted by molar-refractivity contribution is 5.97. The molecular formula is C24H29F3N2O. The van der Waals surface area contributed by atoms with Crippen molar-refractivity contribution in [2.45, 2.75) is 57.3 Å². The van der Waals surface area contributed by atoms with E-state index in [-0.39, 0.29) is 5.91 Å². The largest absolute Gasteiger partial charge is 0.416 e. The van der Waals surface area contributed by atoms with E-state index in [0.29, 0.717) is 11.1 Å². The first kappa shape index (κ1) is 22.3. The summed E-state index contributed by atoms with van der Waals surface area (Å²) in [5, 5.41) is 3.13. The standard InChI is InChI=1S/C24H29F3N2O/c1-16-9-7-10-17(2)20(16)22(30)28-21(23(29(3)4)13-5-6-14-23)18-11-8-12-19(15-18)24(25,26)27/h7-12,15,21H,5-6,13-14H2,1-4H3,(H,28,30). The summed E-state index contributed by atoms with van der Waals surface area (Å²) in [5.41, 5.74) is 1.64. The number of rotatable bonds is 5. The molecule has 2 aromatic rings. The average molecular weight is 419 g/mol. The summed E-state index contributed by atoms with van der Waals surface area (Å²) in [7, 11) is 3.88. The monoisotopic (exact) mass is 418 g/mol. The zero-order chi connectivity index (χ0) is 22.1. The Balaban J connectivity index is 2.08. The summed E-state index contributed by atoms with van der Waals surface area (Å²) >= 11 is 0. The van der Waals surface area contributed by atoms with Gasteiger partial charge in [0, 0.05) is 11.1 Å². The first-order valence-electron chi connectivity index (χ1n) is 10.3. The van der Waals surface area contributed by atoms with Crippen LogP contribution in [0.5, 0.6) is 0 Å². The average Bonchev–Trinajstić information content (AvgIpc) is 3.16. The van der Waals surface area contributed by atoms with E-state index in [4.69, 9.17) is 0 Å². The van der Waals surface area contributed by atoms with Crippen LogP contribution in [0.1, 0.15) is 64.3 Å². The molecule has 2 aromatic carbocycles. The number of alkyl halides is 3. The molecule has 1 unspecified atom stereocenters. The minimum absolute atomic E-state index is 0.249. The van der Waals surface area contributed by atoms with Gasteiger partial charge in [0.25, 0.3) is 5.91 Å². The molecule has 162 valence electrons. The molecule has 1 amide bonds. The minimum atomic E-state index is -4.43. The Hall–Kier alpha value is -2.34. The Morgan fingerprint density at radius 2 is 1.60 bits per heavy atom. The van der Waals surface area contributed by atoms with Gasteiger partial charge in [-0.05, 0) is 69.6 Å². The van der Waals surface area contributed by atoms with Crippen LogP contribution >= 0.6 is 0 Å². The smallest absolute Gasteiger partial charge is 0.343 e. The molecule has 1 N–H and O–H groups in total. The predicted molar refractivity (Wildman–Crippen MR) is 112 cm³/mol. The van der Waals surface area contributed by atoms with Gasteiger partial charge < -0.3 is 10.2 Å². The van der Waals surface area contributed by atoms with Gasteiger partial charge in [0.15, 0.2) is 0 Å². The van der Waals surface area contributed by atoms with E-state index in [1.54, 1.807) is 6.07 Å². The van der Waals surface area contributed by atoms with Crippen LogP contribution in [0, 0.1) is 13.8 Å². The molecule has 3 nitrogen and oxygen atoms in total. The van der Waals surface area contributed by atoms with E-state index in [0.717, 1.165) is 42.9 Å². The van der Waals surface area contributed by atoms with Crippen molar-refractivity contribution in [1.29, 1.82) is 0 Å². The number of aryl methyl sites for hydroxylation is 2. The van der Waals surface area contributed by atoms with Crippen molar-refractivity contribution in [3.05, 3.63) is 70.3 Å². The van der Waals surface area contributed by atoms with E-state index in [1.807, 2.05) is 46.1 Å². The number of amides is 1. The summed E-state index contributed by atoms with van der Waals surface area (Å²) < 4.78 is 40.2. The molecular weight excluding hydrogens is 389 g/mol. The first-order valence-corrected chi connectivity index (χ1v) is 10.3. The van der Waals surface area contributed by atoms with Crippen molar-refractivity contribution in [2.75, 3.05) is 14.1 Å². The third-order valence-corrected chi connectivity index (χ3v) is 6.43. The number of likely N-dealkylation sites (N-methyl/N-ethyl adjacent to an activating group) is 1. The Morgan fingerprint density at radius 1 is 1.03 bits per heavy atom. The minimum Gasteiger partial charge on any atom is -0.343 e. The van der Waals surface area contributed by atoms with Gasteiger partial charge in [0.1, 0.15) is 0 Å². The molecule has 0 radical (unpaired) electrons. The maximum Gasteiger partial charge on any atom is 0.416 e. The van der Waals surface area contributed by atoms with E-state index in [9.17, 15) is 18.0 Å². The number of hydrogen-bond acceptors (Lipinski definition) is 2. The molecule has 0 bridgehead atoms. The van der Waals surface area contributed by atoms with Gasteiger partial charge in [-0.25, -0.2) is 0 Å². The predicted octanol–water partition coefficient (Wildman–Crippen LogP) is 5.67. The lowest BCUT2D eigenvalue weighted by molar-refractivity contribution is -0.137. The first-order chi connectivity index (χ1) is 14.1. The van der Waals surface area contributed by atoms with E-state index < -0.39 is 23.3 Å². The van der Waals surface area contributed by atoms with Crippen molar-refractivity contribution < 1.29 is 18.0 Å². The number of nitrogens with zero attached hydrogens (tertiary/aromatic N) is 1. The second-order valence-corrected chi connectivity index (χ2v) is 8.50. The zero-order valence-electron chi connectivity index (χ0n) is 17.9. The number of halogens is 3. The highest BCUT2D eigenvalue weighted by Crippen LogP contribution is 2.44. The van der Waals surface area contributed by atoms with Crippen molar-refractivity contribution in [1.82, 2.24) is 10.2 Å². The van der Waals surface area contributed by atoms with Crippen molar-refractivity contribution in [2.24, 2.45) is 0 Å². The Labute approximate surface area is 176 Å². The lowest BCUT2D eigenvalue weighted by Gasteiger charge is -2.44. The van der Waals surface area contributed by atoms with Gasteiger partial charge in [-0.1, -0.05) is 43.2 Å². The topological polar surface area (TPSA) is 32.3 Å². The third-order valence-electron chi connectivity index (χ3n) is 6.43. The summed E-state index contributed by atoms with van der Waals surface area (Å²) in [4.78, 5) is 15.4. The Bertz CT molecular complexity index is 895. The van der Waals surface area contributed by atoms with Gasteiger partial charge in [0.05, 0.1) is 11.6 Å². The van der Waals surface area contributed by atoms with E-state index in [1.165, 1.54) is 12.1 Å². The fourth-order valence-corrected chi connectivity index (χ4v) is 4.78. The van der Waals surface area contributed by atoms with Crippen molar-refractivity contribution in [3.63, 3.8) is 0 Å². The Morgan fingerprint density at radius 3 is 2.13 bits per heavy atom. The van der Waals surface area contributed by atoms with E-state index in [2.05, 4.69) is 10.2 Å². The molecule has 1 aliphatic carbocycles. The number of carbonyl (C=O) groups is 1. The lowest BCUT2D eigenvalue weighted by atomic mass is 9.81. The van der Waals surface area contributed by atoms with Crippen LogP contribution in [0.2, 0.25) is 0 Å². The molecule has 0 saturated heterocycles. The quantitative estimate of drug-likeness (QED) is 0.679. The van der Waals surface area contributed by atoms with Crippen LogP contribution < -0.4 is 5.32 Å². The van der Waals surface area contributed by atoms with Gasteiger partial charge in [-0.15, -0.1) is 0 Å². The fraction of sp³-hybridized carbons (Fsp3) is 0.458. The normalized spacial score (nSPS) is 17.2. The molecule has 6 heteroatoms.